The van der Waals surface area contributed by atoms with Gasteiger partial charge in [-0.05, 0) is 13.0 Å². The number of nitrogens with zero attached hydrogens (tertiary/aromatic N) is 1. The number of nitro benzene ring substituents is 1. The van der Waals surface area contributed by atoms with E-state index in [4.69, 9.17) is 0 Å². The Kier molecular flexibility index (Phi) is 4.39. The van der Waals surface area contributed by atoms with Gasteiger partial charge in [0.05, 0.1) is 4.92 Å². The first-order valence-electron chi connectivity index (χ1n) is 4.79. The summed E-state index contributed by atoms with van der Waals surface area (Å²) in [5, 5.41) is 13.3. The maximum Gasteiger partial charge on any atom is 0.273 e. The molecule has 0 fully saturated rings. The lowest BCUT2D eigenvalue weighted by Gasteiger charge is -2.07. The summed E-state index contributed by atoms with van der Waals surface area (Å²) in [4.78, 5) is 22.0. The standard InChI is InChI=1S/C11H11BrN2O3/c1-7(12)6-13-11(15)9-4-3-5-10(8(9)2)14(16)17/h3-5H,1,6H2,2H3,(H,13,15). The van der Waals surface area contributed by atoms with Crippen molar-refractivity contribution in [2.75, 3.05) is 6.54 Å². The Labute approximate surface area is 107 Å². The highest BCUT2D eigenvalue weighted by atomic mass is 79.9. The molecule has 5 nitrogen and oxygen atoms in total. The van der Waals surface area contributed by atoms with Gasteiger partial charge in [0.1, 0.15) is 0 Å². The number of hydrogen-bond donors (Lipinski definition) is 1. The summed E-state index contributed by atoms with van der Waals surface area (Å²) < 4.78 is 0.633. The second-order valence-corrected chi connectivity index (χ2v) is 4.53. The molecule has 0 saturated carbocycles. The van der Waals surface area contributed by atoms with Crippen molar-refractivity contribution in [2.45, 2.75) is 6.92 Å². The van der Waals surface area contributed by atoms with Crippen molar-refractivity contribution in [3.63, 3.8) is 0 Å². The van der Waals surface area contributed by atoms with Crippen LogP contribution in [0, 0.1) is 17.0 Å². The van der Waals surface area contributed by atoms with E-state index in [0.29, 0.717) is 15.6 Å². The van der Waals surface area contributed by atoms with E-state index in [9.17, 15) is 14.9 Å². The van der Waals surface area contributed by atoms with Crippen LogP contribution in [0.5, 0.6) is 0 Å². The molecule has 0 heterocycles. The van der Waals surface area contributed by atoms with Gasteiger partial charge in [-0.3, -0.25) is 14.9 Å². The maximum absolute atomic E-state index is 11.7. The second-order valence-electron chi connectivity index (χ2n) is 3.41. The summed E-state index contributed by atoms with van der Waals surface area (Å²) in [6.07, 6.45) is 0. The third-order valence-electron chi connectivity index (χ3n) is 2.19. The first-order chi connectivity index (χ1) is 7.93. The Hall–Kier alpha value is -1.69. The molecule has 1 aromatic carbocycles. The Morgan fingerprint density at radius 3 is 2.76 bits per heavy atom. The lowest BCUT2D eigenvalue weighted by molar-refractivity contribution is -0.385. The van der Waals surface area contributed by atoms with Gasteiger partial charge in [-0.15, -0.1) is 0 Å². The van der Waals surface area contributed by atoms with Gasteiger partial charge in [0.15, 0.2) is 0 Å². The van der Waals surface area contributed by atoms with Crippen LogP contribution in [0.4, 0.5) is 5.69 Å². The molecule has 0 radical (unpaired) electrons. The predicted molar refractivity (Wildman–Crippen MR) is 68.2 cm³/mol. The van der Waals surface area contributed by atoms with E-state index in [0.717, 1.165) is 0 Å². The highest BCUT2D eigenvalue weighted by molar-refractivity contribution is 9.11. The highest BCUT2D eigenvalue weighted by Gasteiger charge is 2.17. The molecule has 1 amide bonds. The first kappa shape index (κ1) is 13.4. The molecule has 1 N–H and O–H groups in total. The van der Waals surface area contributed by atoms with Crippen LogP contribution in [0.1, 0.15) is 15.9 Å². The van der Waals surface area contributed by atoms with Crippen molar-refractivity contribution in [3.8, 4) is 0 Å². The summed E-state index contributed by atoms with van der Waals surface area (Å²) in [5.41, 5.74) is 0.596. The van der Waals surface area contributed by atoms with Crippen LogP contribution >= 0.6 is 15.9 Å². The zero-order chi connectivity index (χ0) is 13.0. The number of benzene rings is 1. The monoisotopic (exact) mass is 298 g/mol. The van der Waals surface area contributed by atoms with Crippen LogP contribution in [0.3, 0.4) is 0 Å². The van der Waals surface area contributed by atoms with Gasteiger partial charge in [-0.2, -0.15) is 0 Å². The third kappa shape index (κ3) is 3.39. The molecule has 6 heteroatoms. The lowest BCUT2D eigenvalue weighted by atomic mass is 10.1. The van der Waals surface area contributed by atoms with E-state index in [1.165, 1.54) is 12.1 Å². The Morgan fingerprint density at radius 2 is 2.24 bits per heavy atom. The molecule has 0 aliphatic rings. The number of amides is 1. The summed E-state index contributed by atoms with van der Waals surface area (Å²) in [7, 11) is 0. The van der Waals surface area contributed by atoms with Crippen molar-refractivity contribution >= 4 is 27.5 Å². The fourth-order valence-electron chi connectivity index (χ4n) is 1.34. The van der Waals surface area contributed by atoms with Gasteiger partial charge < -0.3 is 5.32 Å². The highest BCUT2D eigenvalue weighted by Crippen LogP contribution is 2.20. The number of nitrogens with one attached hydrogen (secondary N) is 1. The van der Waals surface area contributed by atoms with E-state index in [2.05, 4.69) is 27.8 Å². The van der Waals surface area contributed by atoms with Crippen LogP contribution in [0.25, 0.3) is 0 Å². The summed E-state index contributed by atoms with van der Waals surface area (Å²) >= 11 is 3.11. The summed E-state index contributed by atoms with van der Waals surface area (Å²) in [6, 6.07) is 4.41. The summed E-state index contributed by atoms with van der Waals surface area (Å²) in [5.74, 6) is -0.355. The molecule has 0 aromatic heterocycles. The van der Waals surface area contributed by atoms with Crippen molar-refractivity contribution in [1.29, 1.82) is 0 Å². The fraction of sp³-hybridized carbons (Fsp3) is 0.182. The SMILES string of the molecule is C=C(Br)CNC(=O)c1cccc([N+](=O)[O-])c1C. The molecule has 0 unspecified atom stereocenters. The Bertz CT molecular complexity index is 486. The Balaban J connectivity index is 2.98. The van der Waals surface area contributed by atoms with Crippen LogP contribution in [-0.4, -0.2) is 17.4 Å². The quantitative estimate of drug-likeness (QED) is 0.686. The van der Waals surface area contributed by atoms with E-state index in [1.54, 1.807) is 13.0 Å². The average Bonchev–Trinajstić information content (AvgIpc) is 2.25. The number of rotatable bonds is 4. The van der Waals surface area contributed by atoms with Gasteiger partial charge >= 0.3 is 0 Å². The number of carbonyl (C=O) groups is 1. The molecular formula is C11H11BrN2O3. The molecule has 0 aliphatic carbocycles. The van der Waals surface area contributed by atoms with Gasteiger partial charge in [0, 0.05) is 28.2 Å². The van der Waals surface area contributed by atoms with E-state index < -0.39 is 4.92 Å². The molecule has 17 heavy (non-hydrogen) atoms. The molecule has 0 spiro atoms. The minimum absolute atomic E-state index is 0.0599. The van der Waals surface area contributed by atoms with Gasteiger partial charge in [0.25, 0.3) is 11.6 Å². The van der Waals surface area contributed by atoms with Crippen molar-refractivity contribution in [1.82, 2.24) is 5.32 Å². The number of hydrogen-bond acceptors (Lipinski definition) is 3. The molecule has 0 atom stereocenters. The second kappa shape index (κ2) is 5.58. The van der Waals surface area contributed by atoms with Crippen LogP contribution in [0.2, 0.25) is 0 Å². The van der Waals surface area contributed by atoms with Crippen LogP contribution in [0.15, 0.2) is 29.3 Å². The fourth-order valence-corrected chi connectivity index (χ4v) is 1.48. The molecular weight excluding hydrogens is 288 g/mol. The van der Waals surface area contributed by atoms with Crippen LogP contribution < -0.4 is 5.32 Å². The van der Waals surface area contributed by atoms with Crippen LogP contribution in [-0.2, 0) is 0 Å². The Morgan fingerprint density at radius 1 is 1.59 bits per heavy atom. The third-order valence-corrected chi connectivity index (χ3v) is 2.47. The number of halogens is 1. The molecule has 0 saturated heterocycles. The van der Waals surface area contributed by atoms with E-state index in [1.807, 2.05) is 0 Å². The molecule has 1 rings (SSSR count). The normalized spacial score (nSPS) is 9.76. The first-order valence-corrected chi connectivity index (χ1v) is 5.58. The van der Waals surface area contributed by atoms with Gasteiger partial charge in [-0.1, -0.05) is 28.6 Å². The topological polar surface area (TPSA) is 72.2 Å². The van der Waals surface area contributed by atoms with Crippen molar-refractivity contribution in [2.24, 2.45) is 0 Å². The molecule has 90 valence electrons. The van der Waals surface area contributed by atoms with Crippen molar-refractivity contribution < 1.29 is 9.72 Å². The minimum Gasteiger partial charge on any atom is -0.347 e. The number of nitro groups is 1. The minimum atomic E-state index is -0.504. The zero-order valence-electron chi connectivity index (χ0n) is 9.20. The van der Waals surface area contributed by atoms with Gasteiger partial charge in [0.2, 0.25) is 0 Å². The molecule has 0 aliphatic heterocycles. The van der Waals surface area contributed by atoms with Crippen molar-refractivity contribution in [3.05, 3.63) is 50.5 Å². The van der Waals surface area contributed by atoms with E-state index >= 15 is 0 Å². The smallest absolute Gasteiger partial charge is 0.273 e. The zero-order valence-corrected chi connectivity index (χ0v) is 10.8. The number of carbonyl (C=O) groups excluding carboxylic acids is 1. The average molecular weight is 299 g/mol. The largest absolute Gasteiger partial charge is 0.347 e. The lowest BCUT2D eigenvalue weighted by Crippen LogP contribution is -2.25. The summed E-state index contributed by atoms with van der Waals surface area (Å²) in [6.45, 7) is 5.41. The van der Waals surface area contributed by atoms with Gasteiger partial charge in [-0.25, -0.2) is 0 Å². The molecule has 0 bridgehead atoms. The predicted octanol–water partition coefficient (Wildman–Crippen LogP) is 2.54. The molecule has 1 aromatic rings. The van der Waals surface area contributed by atoms with E-state index in [-0.39, 0.29) is 18.1 Å². The maximum atomic E-state index is 11.7.